The van der Waals surface area contributed by atoms with Crippen LogP contribution in [0, 0.1) is 0 Å². The molecule has 4 nitrogen and oxygen atoms in total. The maximum Gasteiger partial charge on any atom is 0.307 e. The molecule has 0 heterocycles. The van der Waals surface area contributed by atoms with Gasteiger partial charge in [-0.1, -0.05) is 42.5 Å². The van der Waals surface area contributed by atoms with Gasteiger partial charge in [-0.05, 0) is 42.5 Å². The van der Waals surface area contributed by atoms with E-state index >= 15 is 0 Å². The molecule has 2 aromatic rings. The van der Waals surface area contributed by atoms with E-state index in [1.807, 2.05) is 42.5 Å². The van der Waals surface area contributed by atoms with Gasteiger partial charge in [0.05, 0.1) is 12.5 Å². The van der Waals surface area contributed by atoms with Gasteiger partial charge in [0, 0.05) is 10.6 Å². The van der Waals surface area contributed by atoms with E-state index in [1.165, 1.54) is 11.1 Å². The molecule has 26 heavy (non-hydrogen) atoms. The van der Waals surface area contributed by atoms with Crippen molar-refractivity contribution in [2.75, 3.05) is 12.4 Å². The number of aryl methyl sites for hydroxylation is 1. The minimum Gasteiger partial charge on any atom is -0.456 e. The topological polar surface area (TPSA) is 55.4 Å². The first-order valence-electron chi connectivity index (χ1n) is 8.93. The van der Waals surface area contributed by atoms with E-state index in [9.17, 15) is 9.59 Å². The molecule has 0 unspecified atom stereocenters. The summed E-state index contributed by atoms with van der Waals surface area (Å²) in [5, 5.41) is 2.99. The predicted molar refractivity (Wildman–Crippen MR) is 103 cm³/mol. The Bertz CT molecular complexity index is 748. The molecule has 0 bridgehead atoms. The Morgan fingerprint density at radius 2 is 1.85 bits per heavy atom. The van der Waals surface area contributed by atoms with E-state index in [-0.39, 0.29) is 24.5 Å². The van der Waals surface area contributed by atoms with E-state index in [4.69, 9.17) is 4.74 Å². The van der Waals surface area contributed by atoms with Crippen molar-refractivity contribution >= 4 is 23.6 Å². The molecule has 136 valence electrons. The Morgan fingerprint density at radius 1 is 1.08 bits per heavy atom. The fourth-order valence-corrected chi connectivity index (χ4v) is 3.98. The molecule has 1 N–H and O–H groups in total. The monoisotopic (exact) mass is 369 g/mol. The molecule has 1 atom stereocenters. The van der Waals surface area contributed by atoms with Gasteiger partial charge in [0.2, 0.25) is 0 Å². The van der Waals surface area contributed by atoms with Gasteiger partial charge >= 0.3 is 5.97 Å². The van der Waals surface area contributed by atoms with Crippen LogP contribution in [0.25, 0.3) is 0 Å². The number of hydrogen-bond acceptors (Lipinski definition) is 4. The summed E-state index contributed by atoms with van der Waals surface area (Å²) in [7, 11) is 0. The Morgan fingerprint density at radius 3 is 2.69 bits per heavy atom. The fourth-order valence-electron chi connectivity index (χ4n) is 3.13. The third-order valence-electron chi connectivity index (χ3n) is 4.39. The summed E-state index contributed by atoms with van der Waals surface area (Å²) < 4.78 is 5.11. The molecule has 0 aliphatic heterocycles. The van der Waals surface area contributed by atoms with Crippen LogP contribution >= 0.6 is 11.8 Å². The van der Waals surface area contributed by atoms with Crippen LogP contribution in [-0.2, 0) is 20.7 Å². The van der Waals surface area contributed by atoms with Gasteiger partial charge in [-0.25, -0.2) is 0 Å². The van der Waals surface area contributed by atoms with Crippen LogP contribution in [-0.4, -0.2) is 24.2 Å². The van der Waals surface area contributed by atoms with Crippen molar-refractivity contribution < 1.29 is 14.3 Å². The molecule has 0 fully saturated rings. The van der Waals surface area contributed by atoms with Crippen LogP contribution in [0.15, 0.2) is 59.5 Å². The largest absolute Gasteiger partial charge is 0.456 e. The molecule has 1 aliphatic rings. The molecule has 0 aromatic heterocycles. The first-order chi connectivity index (χ1) is 12.7. The molecule has 0 saturated carbocycles. The normalized spacial score (nSPS) is 15.8. The second-order valence-corrected chi connectivity index (χ2v) is 7.45. The minimum absolute atomic E-state index is 0.0137. The number of ether oxygens (including phenoxy) is 1. The summed E-state index contributed by atoms with van der Waals surface area (Å²) in [6, 6.07) is 18.1. The molecule has 2 aromatic carbocycles. The van der Waals surface area contributed by atoms with Crippen molar-refractivity contribution in [2.24, 2.45) is 0 Å². The molecule has 3 rings (SSSR count). The maximum absolute atomic E-state index is 12.1. The highest BCUT2D eigenvalue weighted by Crippen LogP contribution is 2.29. The van der Waals surface area contributed by atoms with Crippen molar-refractivity contribution in [1.29, 1.82) is 0 Å². The number of carbonyl (C=O) groups excluding carboxylic acids is 2. The zero-order chi connectivity index (χ0) is 18.2. The van der Waals surface area contributed by atoms with Crippen molar-refractivity contribution in [1.82, 2.24) is 5.32 Å². The van der Waals surface area contributed by atoms with Gasteiger partial charge in [0.15, 0.2) is 6.61 Å². The van der Waals surface area contributed by atoms with E-state index in [2.05, 4.69) is 17.4 Å². The molecule has 1 amide bonds. The molecular formula is C21H23NO3S. The lowest BCUT2D eigenvalue weighted by Crippen LogP contribution is -2.34. The summed E-state index contributed by atoms with van der Waals surface area (Å²) in [4.78, 5) is 25.1. The van der Waals surface area contributed by atoms with Gasteiger partial charge in [-0.2, -0.15) is 0 Å². The SMILES string of the molecule is O=C(COC(=O)CCSc1ccccc1)N[C@@H]1CCCc2ccccc21. The molecule has 1 aliphatic carbocycles. The van der Waals surface area contributed by atoms with Gasteiger partial charge in [-0.3, -0.25) is 9.59 Å². The molecule has 0 saturated heterocycles. The smallest absolute Gasteiger partial charge is 0.307 e. The van der Waals surface area contributed by atoms with Crippen molar-refractivity contribution in [2.45, 2.75) is 36.6 Å². The highest BCUT2D eigenvalue weighted by atomic mass is 32.2. The number of amides is 1. The Hall–Kier alpha value is -2.27. The Kier molecular flexibility index (Phi) is 6.72. The average Bonchev–Trinajstić information content (AvgIpc) is 2.67. The summed E-state index contributed by atoms with van der Waals surface area (Å²) in [6.45, 7) is -0.215. The molecule has 5 heteroatoms. The number of thioether (sulfide) groups is 1. The van der Waals surface area contributed by atoms with Gasteiger partial charge in [0.1, 0.15) is 0 Å². The first-order valence-corrected chi connectivity index (χ1v) is 9.91. The molecular weight excluding hydrogens is 346 g/mol. The van der Waals surface area contributed by atoms with Crippen molar-refractivity contribution in [3.63, 3.8) is 0 Å². The minimum atomic E-state index is -0.340. The maximum atomic E-state index is 12.1. The lowest BCUT2D eigenvalue weighted by atomic mass is 9.88. The van der Waals surface area contributed by atoms with Gasteiger partial charge < -0.3 is 10.1 Å². The van der Waals surface area contributed by atoms with Crippen LogP contribution in [0.5, 0.6) is 0 Å². The number of rotatable bonds is 7. The predicted octanol–water partition coefficient (Wildman–Crippen LogP) is 3.91. The Balaban J connectivity index is 1.38. The van der Waals surface area contributed by atoms with Crippen LogP contribution in [0.1, 0.15) is 36.4 Å². The number of hydrogen-bond donors (Lipinski definition) is 1. The van der Waals surface area contributed by atoms with Gasteiger partial charge in [0.25, 0.3) is 5.91 Å². The lowest BCUT2D eigenvalue weighted by molar-refractivity contribution is -0.148. The van der Waals surface area contributed by atoms with Crippen molar-refractivity contribution in [3.8, 4) is 0 Å². The number of fused-ring (bicyclic) bond motifs is 1. The number of benzene rings is 2. The van der Waals surface area contributed by atoms with E-state index in [1.54, 1.807) is 11.8 Å². The number of esters is 1. The highest BCUT2D eigenvalue weighted by molar-refractivity contribution is 7.99. The summed E-state index contributed by atoms with van der Waals surface area (Å²) in [6.07, 6.45) is 3.32. The van der Waals surface area contributed by atoms with E-state index in [0.717, 1.165) is 24.2 Å². The Labute approximate surface area is 158 Å². The standard InChI is InChI=1S/C21H23NO3S/c23-20(22-19-12-6-8-16-7-4-5-11-18(16)19)15-25-21(24)13-14-26-17-9-2-1-3-10-17/h1-5,7,9-11,19H,6,8,12-15H2,(H,22,23)/t19-/m1/s1. The van der Waals surface area contributed by atoms with Crippen LogP contribution in [0.4, 0.5) is 0 Å². The fraction of sp³-hybridized carbons (Fsp3) is 0.333. The van der Waals surface area contributed by atoms with E-state index in [0.29, 0.717) is 12.2 Å². The molecule has 0 radical (unpaired) electrons. The summed E-state index contributed by atoms with van der Waals surface area (Å²) >= 11 is 1.60. The van der Waals surface area contributed by atoms with Crippen LogP contribution in [0.3, 0.4) is 0 Å². The summed E-state index contributed by atoms with van der Waals surface area (Å²) in [5.74, 6) is 0.0592. The number of carbonyl (C=O) groups is 2. The lowest BCUT2D eigenvalue weighted by Gasteiger charge is -2.26. The molecule has 0 spiro atoms. The zero-order valence-electron chi connectivity index (χ0n) is 14.6. The second kappa shape index (κ2) is 9.43. The highest BCUT2D eigenvalue weighted by Gasteiger charge is 2.21. The second-order valence-electron chi connectivity index (χ2n) is 6.28. The third kappa shape index (κ3) is 5.36. The summed E-state index contributed by atoms with van der Waals surface area (Å²) in [5.41, 5.74) is 2.47. The zero-order valence-corrected chi connectivity index (χ0v) is 15.5. The van der Waals surface area contributed by atoms with Gasteiger partial charge in [-0.15, -0.1) is 11.8 Å². The average molecular weight is 369 g/mol. The third-order valence-corrected chi connectivity index (χ3v) is 5.40. The van der Waals surface area contributed by atoms with E-state index < -0.39 is 0 Å². The van der Waals surface area contributed by atoms with Crippen LogP contribution in [0.2, 0.25) is 0 Å². The van der Waals surface area contributed by atoms with Crippen molar-refractivity contribution in [3.05, 3.63) is 65.7 Å². The first kappa shape index (κ1) is 18.5. The quantitative estimate of drug-likeness (QED) is 0.594. The van der Waals surface area contributed by atoms with Crippen LogP contribution < -0.4 is 5.32 Å². The number of nitrogens with one attached hydrogen (secondary N) is 1.